The Balaban J connectivity index is 1.55. The highest BCUT2D eigenvalue weighted by Crippen LogP contribution is 2.21. The molecule has 128 valence electrons. The number of likely N-dealkylation sites (N-methyl/N-ethyl adjacent to an activating group) is 1. The maximum atomic E-state index is 12.2. The summed E-state index contributed by atoms with van der Waals surface area (Å²) >= 11 is 5.89. The van der Waals surface area contributed by atoms with Crippen molar-refractivity contribution < 1.29 is 14.1 Å². The molecular formula is C17H20ClN3O3. The van der Waals surface area contributed by atoms with Gasteiger partial charge in [0.2, 0.25) is 5.91 Å². The Morgan fingerprint density at radius 2 is 2.00 bits per heavy atom. The largest absolute Gasteiger partial charge is 0.378 e. The van der Waals surface area contributed by atoms with Crippen LogP contribution in [0.25, 0.3) is 11.3 Å². The van der Waals surface area contributed by atoms with E-state index in [2.05, 4.69) is 5.16 Å². The van der Waals surface area contributed by atoms with Crippen molar-refractivity contribution in [1.82, 2.24) is 15.0 Å². The molecule has 7 heteroatoms. The number of hydrogen-bond donors (Lipinski definition) is 0. The molecule has 0 bridgehead atoms. The number of ether oxygens (including phenoxy) is 1. The quantitative estimate of drug-likeness (QED) is 0.829. The SMILES string of the molecule is CN(CC(=O)N1CCOCC1)Cc1cc(-c2ccc(Cl)cc2)no1. The minimum atomic E-state index is 0.109. The second kappa shape index (κ2) is 7.79. The van der Waals surface area contributed by atoms with Gasteiger partial charge in [-0.2, -0.15) is 0 Å². The Morgan fingerprint density at radius 3 is 2.71 bits per heavy atom. The van der Waals surface area contributed by atoms with Crippen LogP contribution < -0.4 is 0 Å². The van der Waals surface area contributed by atoms with Gasteiger partial charge in [-0.05, 0) is 19.2 Å². The number of halogens is 1. The zero-order chi connectivity index (χ0) is 16.9. The summed E-state index contributed by atoms with van der Waals surface area (Å²) in [6.45, 7) is 3.42. The van der Waals surface area contributed by atoms with E-state index in [1.807, 2.05) is 47.2 Å². The molecule has 0 spiro atoms. The lowest BCUT2D eigenvalue weighted by molar-refractivity contribution is -0.136. The van der Waals surface area contributed by atoms with Gasteiger partial charge in [0.25, 0.3) is 0 Å². The van der Waals surface area contributed by atoms with E-state index in [0.717, 1.165) is 17.0 Å². The van der Waals surface area contributed by atoms with Crippen LogP contribution in [0, 0.1) is 0 Å². The number of aromatic nitrogens is 1. The Bertz CT molecular complexity index is 681. The van der Waals surface area contributed by atoms with Crippen LogP contribution in [-0.2, 0) is 16.1 Å². The van der Waals surface area contributed by atoms with E-state index in [-0.39, 0.29) is 5.91 Å². The van der Waals surface area contributed by atoms with Gasteiger partial charge in [-0.25, -0.2) is 0 Å². The molecule has 0 atom stereocenters. The van der Waals surface area contributed by atoms with Gasteiger partial charge >= 0.3 is 0 Å². The van der Waals surface area contributed by atoms with Crippen LogP contribution in [0.15, 0.2) is 34.9 Å². The summed E-state index contributed by atoms with van der Waals surface area (Å²) in [6.07, 6.45) is 0. The fourth-order valence-corrected chi connectivity index (χ4v) is 2.74. The number of hydrogen-bond acceptors (Lipinski definition) is 5. The normalized spacial score (nSPS) is 15.0. The predicted molar refractivity (Wildman–Crippen MR) is 90.7 cm³/mol. The van der Waals surface area contributed by atoms with Gasteiger partial charge in [0, 0.05) is 29.7 Å². The average Bonchev–Trinajstić information content (AvgIpc) is 3.04. The Labute approximate surface area is 145 Å². The number of benzene rings is 1. The van der Waals surface area contributed by atoms with E-state index < -0.39 is 0 Å². The molecule has 3 rings (SSSR count). The Kier molecular flexibility index (Phi) is 5.50. The molecule has 1 aromatic carbocycles. The first kappa shape index (κ1) is 17.0. The first-order chi connectivity index (χ1) is 11.6. The number of rotatable bonds is 5. The number of carbonyl (C=O) groups excluding carboxylic acids is 1. The molecule has 0 unspecified atom stereocenters. The third-order valence-corrected chi connectivity index (χ3v) is 4.15. The van der Waals surface area contributed by atoms with Crippen LogP contribution in [0.5, 0.6) is 0 Å². The maximum absolute atomic E-state index is 12.2. The van der Waals surface area contributed by atoms with Gasteiger partial charge in [0.15, 0.2) is 5.76 Å². The van der Waals surface area contributed by atoms with Gasteiger partial charge < -0.3 is 14.2 Å². The molecule has 1 aromatic heterocycles. The summed E-state index contributed by atoms with van der Waals surface area (Å²) in [5, 5.41) is 4.77. The minimum Gasteiger partial charge on any atom is -0.378 e. The lowest BCUT2D eigenvalue weighted by Gasteiger charge is -2.28. The van der Waals surface area contributed by atoms with Crippen LogP contribution in [-0.4, -0.2) is 60.8 Å². The summed E-state index contributed by atoms with van der Waals surface area (Å²) in [4.78, 5) is 16.0. The molecule has 2 heterocycles. The summed E-state index contributed by atoms with van der Waals surface area (Å²) < 4.78 is 10.6. The highest BCUT2D eigenvalue weighted by atomic mass is 35.5. The lowest BCUT2D eigenvalue weighted by Crippen LogP contribution is -2.44. The lowest BCUT2D eigenvalue weighted by atomic mass is 10.1. The van der Waals surface area contributed by atoms with E-state index in [1.165, 1.54) is 0 Å². The third kappa shape index (κ3) is 4.35. The topological polar surface area (TPSA) is 58.8 Å². The van der Waals surface area contributed by atoms with Crippen molar-refractivity contribution in [2.75, 3.05) is 39.9 Å². The van der Waals surface area contributed by atoms with E-state index in [4.69, 9.17) is 20.9 Å². The highest BCUT2D eigenvalue weighted by molar-refractivity contribution is 6.30. The first-order valence-corrected chi connectivity index (χ1v) is 8.25. The summed E-state index contributed by atoms with van der Waals surface area (Å²) in [7, 11) is 1.89. The molecule has 6 nitrogen and oxygen atoms in total. The molecule has 24 heavy (non-hydrogen) atoms. The van der Waals surface area contributed by atoms with Gasteiger partial charge in [-0.15, -0.1) is 0 Å². The maximum Gasteiger partial charge on any atom is 0.236 e. The van der Waals surface area contributed by atoms with Crippen LogP contribution in [0.3, 0.4) is 0 Å². The summed E-state index contributed by atoms with van der Waals surface area (Å²) in [5.74, 6) is 0.829. The van der Waals surface area contributed by atoms with Crippen molar-refractivity contribution in [3.63, 3.8) is 0 Å². The number of amides is 1. The zero-order valence-corrected chi connectivity index (χ0v) is 14.3. The molecule has 1 aliphatic rings. The fraction of sp³-hybridized carbons (Fsp3) is 0.412. The van der Waals surface area contributed by atoms with Crippen molar-refractivity contribution in [3.05, 3.63) is 41.1 Å². The van der Waals surface area contributed by atoms with Crippen molar-refractivity contribution in [1.29, 1.82) is 0 Å². The molecule has 0 saturated carbocycles. The van der Waals surface area contributed by atoms with Gasteiger partial charge in [0.1, 0.15) is 5.69 Å². The van der Waals surface area contributed by atoms with Crippen molar-refractivity contribution in [2.24, 2.45) is 0 Å². The van der Waals surface area contributed by atoms with Crippen molar-refractivity contribution in [2.45, 2.75) is 6.54 Å². The molecule has 1 aliphatic heterocycles. The average molecular weight is 350 g/mol. The second-order valence-corrected chi connectivity index (χ2v) is 6.29. The smallest absolute Gasteiger partial charge is 0.236 e. The Hall–Kier alpha value is -1.89. The molecule has 1 amide bonds. The molecule has 2 aromatic rings. The number of morpholine rings is 1. The third-order valence-electron chi connectivity index (χ3n) is 3.89. The number of nitrogens with zero attached hydrogens (tertiary/aromatic N) is 3. The molecule has 0 N–H and O–H groups in total. The zero-order valence-electron chi connectivity index (χ0n) is 13.6. The molecule has 0 radical (unpaired) electrons. The highest BCUT2D eigenvalue weighted by Gasteiger charge is 2.19. The van der Waals surface area contributed by atoms with Gasteiger partial charge in [0.05, 0.1) is 26.3 Å². The molecular weight excluding hydrogens is 330 g/mol. The number of carbonyl (C=O) groups is 1. The molecule has 1 fully saturated rings. The van der Waals surface area contributed by atoms with E-state index in [9.17, 15) is 4.79 Å². The van der Waals surface area contributed by atoms with Crippen LogP contribution in [0.4, 0.5) is 0 Å². The van der Waals surface area contributed by atoms with Crippen molar-refractivity contribution in [3.8, 4) is 11.3 Å². The van der Waals surface area contributed by atoms with E-state index >= 15 is 0 Å². The first-order valence-electron chi connectivity index (χ1n) is 7.87. The minimum absolute atomic E-state index is 0.109. The van der Waals surface area contributed by atoms with Crippen LogP contribution in [0.2, 0.25) is 5.02 Å². The van der Waals surface area contributed by atoms with E-state index in [1.54, 1.807) is 0 Å². The van der Waals surface area contributed by atoms with Gasteiger partial charge in [-0.1, -0.05) is 28.9 Å². The summed E-state index contributed by atoms with van der Waals surface area (Å²) in [6, 6.07) is 9.32. The molecule has 1 saturated heterocycles. The Morgan fingerprint density at radius 1 is 1.29 bits per heavy atom. The van der Waals surface area contributed by atoms with E-state index in [0.29, 0.717) is 44.4 Å². The predicted octanol–water partition coefficient (Wildman–Crippen LogP) is 2.29. The van der Waals surface area contributed by atoms with Crippen LogP contribution in [0.1, 0.15) is 5.76 Å². The van der Waals surface area contributed by atoms with Crippen LogP contribution >= 0.6 is 11.6 Å². The van der Waals surface area contributed by atoms with Gasteiger partial charge in [-0.3, -0.25) is 9.69 Å². The van der Waals surface area contributed by atoms with Crippen molar-refractivity contribution >= 4 is 17.5 Å². The monoisotopic (exact) mass is 349 g/mol. The standard InChI is InChI=1S/C17H20ClN3O3/c1-20(12-17(22)21-6-8-23-9-7-21)11-15-10-16(19-24-15)13-2-4-14(18)5-3-13/h2-5,10H,6-9,11-12H2,1H3. The summed E-state index contributed by atoms with van der Waals surface area (Å²) in [5.41, 5.74) is 1.70. The second-order valence-electron chi connectivity index (χ2n) is 5.85. The fourth-order valence-electron chi connectivity index (χ4n) is 2.61. The molecule has 0 aliphatic carbocycles.